The Hall–Kier alpha value is -3.71. The number of nitrogens with zero attached hydrogens (tertiary/aromatic N) is 2. The molecule has 0 amide bonds. The Morgan fingerprint density at radius 1 is 1.19 bits per heavy atom. The Labute approximate surface area is 258 Å². The molecule has 2 saturated carbocycles. The molecule has 2 fully saturated rings. The van der Waals surface area contributed by atoms with Crippen molar-refractivity contribution in [2.45, 2.75) is 90.9 Å². The summed E-state index contributed by atoms with van der Waals surface area (Å²) in [5.74, 6) is 9.01. The summed E-state index contributed by atoms with van der Waals surface area (Å²) in [5, 5.41) is 0. The second kappa shape index (κ2) is 14.6. The lowest BCUT2D eigenvalue weighted by molar-refractivity contribution is -0.124. The molecule has 3 aliphatic carbocycles. The van der Waals surface area contributed by atoms with Gasteiger partial charge >= 0.3 is 0 Å². The SMILES string of the molecule is C=C1C=CC=CN1C(C#Cc1ccnc(C(=O)CCCC2=CCC3C(=O)CC(CCCC4CC4)CC3=C2)c1)=CC(C)CC. The molecule has 0 N–H and O–H groups in total. The number of aromatic nitrogens is 1. The highest BCUT2D eigenvalue weighted by Gasteiger charge is 2.33. The van der Waals surface area contributed by atoms with E-state index in [4.69, 9.17) is 0 Å². The number of ketones is 2. The van der Waals surface area contributed by atoms with Gasteiger partial charge in [-0.1, -0.05) is 81.4 Å². The maximum Gasteiger partial charge on any atom is 0.181 e. The standard InChI is InChI=1S/C39H46N2O2/c1-4-28(2)23-35(41-22-6-5-9-29(41)3)18-16-32-20-21-40-37(26-32)38(42)13-8-11-31-17-19-36-34(24-31)25-33(27-39(36)43)12-7-10-30-14-15-30/h5-6,9,17,20-24,26,28,30,33,36H,3-4,7-8,10-15,19,25,27H2,1-2H3. The lowest BCUT2D eigenvalue weighted by atomic mass is 9.71. The van der Waals surface area contributed by atoms with E-state index in [0.717, 1.165) is 61.4 Å². The lowest BCUT2D eigenvalue weighted by Crippen LogP contribution is -2.28. The molecule has 43 heavy (non-hydrogen) atoms. The van der Waals surface area contributed by atoms with Gasteiger partial charge in [0.25, 0.3) is 0 Å². The molecule has 5 rings (SSSR count). The van der Waals surface area contributed by atoms with Crippen molar-refractivity contribution in [3.8, 4) is 11.8 Å². The molecule has 1 aromatic heterocycles. The van der Waals surface area contributed by atoms with E-state index in [2.05, 4.69) is 55.5 Å². The Morgan fingerprint density at radius 2 is 2.02 bits per heavy atom. The zero-order chi connectivity index (χ0) is 30.2. The summed E-state index contributed by atoms with van der Waals surface area (Å²) < 4.78 is 0. The van der Waals surface area contributed by atoms with Crippen LogP contribution >= 0.6 is 0 Å². The number of carbonyl (C=O) groups is 2. The second-order valence-corrected chi connectivity index (χ2v) is 12.9. The Morgan fingerprint density at radius 3 is 2.81 bits per heavy atom. The minimum atomic E-state index is 0.0435. The summed E-state index contributed by atoms with van der Waals surface area (Å²) in [6, 6.07) is 3.66. The fourth-order valence-electron chi connectivity index (χ4n) is 6.33. The highest BCUT2D eigenvalue weighted by atomic mass is 16.1. The van der Waals surface area contributed by atoms with E-state index in [1.54, 1.807) is 12.3 Å². The van der Waals surface area contributed by atoms with E-state index < -0.39 is 0 Å². The van der Waals surface area contributed by atoms with E-state index in [-0.39, 0.29) is 11.7 Å². The highest BCUT2D eigenvalue weighted by molar-refractivity contribution is 5.94. The van der Waals surface area contributed by atoms with Crippen LogP contribution < -0.4 is 0 Å². The van der Waals surface area contributed by atoms with Gasteiger partial charge in [-0.05, 0) is 92.6 Å². The number of carbonyl (C=O) groups excluding carboxylic acids is 2. The first-order chi connectivity index (χ1) is 20.9. The van der Waals surface area contributed by atoms with E-state index in [1.165, 1.54) is 43.3 Å². The fraction of sp³-hybridized carbons (Fsp3) is 0.462. The van der Waals surface area contributed by atoms with Crippen LogP contribution in [0.3, 0.4) is 0 Å². The van der Waals surface area contributed by atoms with E-state index >= 15 is 0 Å². The molecule has 0 spiro atoms. The third kappa shape index (κ3) is 8.66. The number of fused-ring (bicyclic) bond motifs is 1. The predicted octanol–water partition coefficient (Wildman–Crippen LogP) is 9.05. The van der Waals surface area contributed by atoms with Crippen molar-refractivity contribution >= 4 is 11.6 Å². The largest absolute Gasteiger partial charge is 0.311 e. The molecule has 1 aromatic rings. The van der Waals surface area contributed by atoms with E-state index in [1.807, 2.05) is 35.4 Å². The summed E-state index contributed by atoms with van der Waals surface area (Å²) in [6.45, 7) is 8.49. The molecule has 3 atom stereocenters. The summed E-state index contributed by atoms with van der Waals surface area (Å²) in [7, 11) is 0. The number of rotatable bonds is 12. The van der Waals surface area contributed by atoms with Crippen molar-refractivity contribution in [1.82, 2.24) is 9.88 Å². The molecular formula is C39H46N2O2. The molecule has 1 aliphatic heterocycles. The van der Waals surface area contributed by atoms with Gasteiger partial charge in [0.05, 0.1) is 5.70 Å². The minimum Gasteiger partial charge on any atom is -0.311 e. The monoisotopic (exact) mass is 574 g/mol. The third-order valence-corrected chi connectivity index (χ3v) is 9.30. The number of hydrogen-bond acceptors (Lipinski definition) is 4. The average molecular weight is 575 g/mol. The molecule has 3 unspecified atom stereocenters. The molecule has 224 valence electrons. The van der Waals surface area contributed by atoms with Gasteiger partial charge < -0.3 is 4.90 Å². The van der Waals surface area contributed by atoms with Crippen LogP contribution in [-0.4, -0.2) is 21.5 Å². The van der Waals surface area contributed by atoms with Gasteiger partial charge in [0.15, 0.2) is 5.78 Å². The first-order valence-corrected chi connectivity index (χ1v) is 16.4. The average Bonchev–Trinajstić information content (AvgIpc) is 3.84. The molecule has 4 nitrogen and oxygen atoms in total. The van der Waals surface area contributed by atoms with Gasteiger partial charge in [-0.15, -0.1) is 0 Å². The molecule has 0 bridgehead atoms. The molecular weight excluding hydrogens is 528 g/mol. The van der Waals surface area contributed by atoms with Gasteiger partial charge in [-0.3, -0.25) is 14.6 Å². The van der Waals surface area contributed by atoms with Crippen molar-refractivity contribution in [3.05, 3.63) is 101 Å². The zero-order valence-electron chi connectivity index (χ0n) is 26.0. The number of pyridine rings is 1. The summed E-state index contributed by atoms with van der Waals surface area (Å²) in [4.78, 5) is 32.3. The molecule has 0 aromatic carbocycles. The fourth-order valence-corrected chi connectivity index (χ4v) is 6.33. The summed E-state index contributed by atoms with van der Waals surface area (Å²) in [5.41, 5.74) is 5.61. The van der Waals surface area contributed by atoms with Gasteiger partial charge in [0.2, 0.25) is 0 Å². The summed E-state index contributed by atoms with van der Waals surface area (Å²) >= 11 is 0. The molecule has 0 radical (unpaired) electrons. The third-order valence-electron chi connectivity index (χ3n) is 9.30. The van der Waals surface area contributed by atoms with Crippen LogP contribution in [0.5, 0.6) is 0 Å². The topological polar surface area (TPSA) is 50.3 Å². The van der Waals surface area contributed by atoms with Crippen LogP contribution in [-0.2, 0) is 4.79 Å². The van der Waals surface area contributed by atoms with Crippen molar-refractivity contribution in [3.63, 3.8) is 0 Å². The normalized spacial score (nSPS) is 22.4. The number of Topliss-reactive ketones (excluding diaryl/α,β-unsaturated/α-hetero) is 2. The quantitative estimate of drug-likeness (QED) is 0.185. The van der Waals surface area contributed by atoms with Crippen molar-refractivity contribution < 1.29 is 9.59 Å². The molecule has 4 aliphatic rings. The Kier molecular flexibility index (Phi) is 10.5. The number of allylic oxidation sites excluding steroid dienone is 9. The molecule has 2 heterocycles. The predicted molar refractivity (Wildman–Crippen MR) is 175 cm³/mol. The minimum absolute atomic E-state index is 0.0435. The van der Waals surface area contributed by atoms with Crippen molar-refractivity contribution in [2.75, 3.05) is 0 Å². The second-order valence-electron chi connectivity index (χ2n) is 12.9. The van der Waals surface area contributed by atoms with Crippen LogP contribution in [0.4, 0.5) is 0 Å². The van der Waals surface area contributed by atoms with Gasteiger partial charge in [0.1, 0.15) is 11.5 Å². The zero-order valence-corrected chi connectivity index (χ0v) is 26.0. The maximum atomic E-state index is 13.1. The van der Waals surface area contributed by atoms with Gasteiger partial charge in [0, 0.05) is 42.4 Å². The Balaban J connectivity index is 1.16. The number of hydrogen-bond donors (Lipinski definition) is 0. The van der Waals surface area contributed by atoms with Gasteiger partial charge in [-0.25, -0.2) is 0 Å². The first kappa shape index (κ1) is 30.7. The van der Waals surface area contributed by atoms with Crippen LogP contribution in [0.1, 0.15) is 107 Å². The van der Waals surface area contributed by atoms with Crippen LogP contribution in [0.25, 0.3) is 0 Å². The maximum absolute atomic E-state index is 13.1. The molecule has 0 saturated heterocycles. The van der Waals surface area contributed by atoms with E-state index in [9.17, 15) is 9.59 Å². The van der Waals surface area contributed by atoms with E-state index in [0.29, 0.717) is 29.7 Å². The molecule has 4 heteroatoms. The first-order valence-electron chi connectivity index (χ1n) is 16.4. The van der Waals surface area contributed by atoms with Crippen molar-refractivity contribution in [1.29, 1.82) is 0 Å². The highest BCUT2D eigenvalue weighted by Crippen LogP contribution is 2.41. The van der Waals surface area contributed by atoms with Crippen LogP contribution in [0, 0.1) is 35.5 Å². The smallest absolute Gasteiger partial charge is 0.181 e. The van der Waals surface area contributed by atoms with Crippen LogP contribution in [0.15, 0.2) is 90.1 Å². The van der Waals surface area contributed by atoms with Gasteiger partial charge in [-0.2, -0.15) is 0 Å². The summed E-state index contributed by atoms with van der Waals surface area (Å²) in [6.07, 6.45) is 28.6. The Bertz CT molecular complexity index is 1440. The van der Waals surface area contributed by atoms with Crippen LogP contribution in [0.2, 0.25) is 0 Å². The lowest BCUT2D eigenvalue weighted by Gasteiger charge is -2.32. The van der Waals surface area contributed by atoms with Crippen molar-refractivity contribution in [2.24, 2.45) is 23.7 Å².